The number of pyridine rings is 1. The van der Waals surface area contributed by atoms with Gasteiger partial charge in [0.1, 0.15) is 0 Å². The fraction of sp³-hybridized carbons (Fsp3) is 0.167. The number of benzene rings is 2. The number of amides is 1. The number of aromatic amines is 1. The molecule has 2 heterocycles. The van der Waals surface area contributed by atoms with E-state index in [9.17, 15) is 4.79 Å². The van der Waals surface area contributed by atoms with Crippen molar-refractivity contribution in [1.82, 2.24) is 15.3 Å². The molecule has 0 unspecified atom stereocenters. The molecular weight excluding hydrogens is 360 g/mol. The van der Waals surface area contributed by atoms with Gasteiger partial charge in [-0.15, -0.1) is 0 Å². The van der Waals surface area contributed by atoms with E-state index in [1.54, 1.807) is 12.4 Å². The van der Waals surface area contributed by atoms with Gasteiger partial charge in [0.05, 0.1) is 17.4 Å². The second-order valence-electron chi connectivity index (χ2n) is 7.25. The molecule has 0 fully saturated rings. The summed E-state index contributed by atoms with van der Waals surface area (Å²) in [5.74, 6) is -0.124. The van der Waals surface area contributed by atoms with Gasteiger partial charge in [-0.05, 0) is 61.2 Å². The lowest BCUT2D eigenvalue weighted by Gasteiger charge is -2.10. The maximum Gasteiger partial charge on any atom is 0.252 e. The van der Waals surface area contributed by atoms with Gasteiger partial charge in [0.2, 0.25) is 0 Å². The van der Waals surface area contributed by atoms with Gasteiger partial charge in [0.15, 0.2) is 0 Å². The molecule has 0 spiro atoms. The molecule has 0 radical (unpaired) electrons. The molecule has 5 heteroatoms. The van der Waals surface area contributed by atoms with E-state index in [4.69, 9.17) is 0 Å². The highest BCUT2D eigenvalue weighted by atomic mass is 16.1. The highest BCUT2D eigenvalue weighted by molar-refractivity contribution is 5.95. The van der Waals surface area contributed by atoms with Gasteiger partial charge in [-0.3, -0.25) is 9.78 Å². The Bertz CT molecular complexity index is 1160. The lowest BCUT2D eigenvalue weighted by Crippen LogP contribution is -2.25. The molecule has 0 saturated carbocycles. The number of para-hydroxylation sites is 1. The first-order chi connectivity index (χ1) is 14.1. The topological polar surface area (TPSA) is 69.8 Å². The van der Waals surface area contributed by atoms with Crippen LogP contribution in [-0.2, 0) is 6.42 Å². The standard InChI is InChI=1S/C24H24N4O/c1-16-7-8-20(11-17(16)2)28-21-12-19(13-25-15-21)24(29)26-10-9-18-14-27-23-6-4-3-5-22(18)23/h3-8,11-15,27-28H,9-10H2,1-2H3,(H,26,29). The van der Waals surface area contributed by atoms with Crippen LogP contribution in [0.15, 0.2) is 67.1 Å². The van der Waals surface area contributed by atoms with Crippen molar-refractivity contribution in [2.75, 3.05) is 11.9 Å². The predicted molar refractivity (Wildman–Crippen MR) is 118 cm³/mol. The van der Waals surface area contributed by atoms with Crippen molar-refractivity contribution in [3.63, 3.8) is 0 Å². The summed E-state index contributed by atoms with van der Waals surface area (Å²) in [6.07, 6.45) is 6.08. The van der Waals surface area contributed by atoms with Crippen molar-refractivity contribution in [3.8, 4) is 0 Å². The quantitative estimate of drug-likeness (QED) is 0.443. The zero-order chi connectivity index (χ0) is 20.2. The van der Waals surface area contributed by atoms with E-state index in [2.05, 4.69) is 58.7 Å². The molecule has 0 aliphatic heterocycles. The van der Waals surface area contributed by atoms with Gasteiger partial charge in [-0.1, -0.05) is 24.3 Å². The van der Waals surface area contributed by atoms with Gasteiger partial charge in [0.25, 0.3) is 5.91 Å². The fourth-order valence-corrected chi connectivity index (χ4v) is 3.37. The lowest BCUT2D eigenvalue weighted by molar-refractivity contribution is 0.0954. The molecule has 146 valence electrons. The van der Waals surface area contributed by atoms with E-state index in [-0.39, 0.29) is 5.91 Å². The molecule has 29 heavy (non-hydrogen) atoms. The Kier molecular flexibility index (Phi) is 5.29. The minimum Gasteiger partial charge on any atom is -0.361 e. The number of hydrogen-bond acceptors (Lipinski definition) is 3. The second kappa shape index (κ2) is 8.19. The van der Waals surface area contributed by atoms with Crippen LogP contribution in [0.3, 0.4) is 0 Å². The van der Waals surface area contributed by atoms with E-state index < -0.39 is 0 Å². The molecule has 3 N–H and O–H groups in total. The number of fused-ring (bicyclic) bond motifs is 1. The Labute approximate surface area is 170 Å². The average molecular weight is 384 g/mol. The number of aromatic nitrogens is 2. The van der Waals surface area contributed by atoms with Gasteiger partial charge in [0, 0.05) is 35.5 Å². The van der Waals surface area contributed by atoms with Crippen LogP contribution in [0.5, 0.6) is 0 Å². The highest BCUT2D eigenvalue weighted by Crippen LogP contribution is 2.20. The minimum atomic E-state index is -0.124. The number of nitrogens with zero attached hydrogens (tertiary/aromatic N) is 1. The first-order valence-electron chi connectivity index (χ1n) is 9.73. The molecule has 0 saturated heterocycles. The number of anilines is 2. The molecule has 1 amide bonds. The van der Waals surface area contributed by atoms with Crippen LogP contribution in [0.25, 0.3) is 10.9 Å². The van der Waals surface area contributed by atoms with Gasteiger partial charge in [-0.25, -0.2) is 0 Å². The first kappa shape index (κ1) is 18.7. The van der Waals surface area contributed by atoms with E-state index >= 15 is 0 Å². The van der Waals surface area contributed by atoms with Crippen LogP contribution in [0.4, 0.5) is 11.4 Å². The number of carbonyl (C=O) groups excluding carboxylic acids is 1. The van der Waals surface area contributed by atoms with Crippen LogP contribution in [-0.4, -0.2) is 22.4 Å². The third kappa shape index (κ3) is 4.29. The smallest absolute Gasteiger partial charge is 0.252 e. The fourth-order valence-electron chi connectivity index (χ4n) is 3.37. The zero-order valence-corrected chi connectivity index (χ0v) is 16.6. The summed E-state index contributed by atoms with van der Waals surface area (Å²) < 4.78 is 0. The molecular formula is C24H24N4O. The summed E-state index contributed by atoms with van der Waals surface area (Å²) in [5, 5.41) is 7.51. The van der Waals surface area contributed by atoms with E-state index in [1.807, 2.05) is 30.5 Å². The normalized spacial score (nSPS) is 10.8. The van der Waals surface area contributed by atoms with Crippen molar-refractivity contribution >= 4 is 28.2 Å². The van der Waals surface area contributed by atoms with Crippen LogP contribution in [0.1, 0.15) is 27.0 Å². The molecule has 5 nitrogen and oxygen atoms in total. The highest BCUT2D eigenvalue weighted by Gasteiger charge is 2.08. The van der Waals surface area contributed by atoms with Crippen molar-refractivity contribution in [3.05, 3.63) is 89.4 Å². The van der Waals surface area contributed by atoms with Crippen LogP contribution >= 0.6 is 0 Å². The second-order valence-corrected chi connectivity index (χ2v) is 7.25. The predicted octanol–water partition coefficient (Wildman–Crippen LogP) is 4.90. The molecule has 4 rings (SSSR count). The molecule has 0 atom stereocenters. The number of rotatable bonds is 6. The summed E-state index contributed by atoms with van der Waals surface area (Å²) in [6, 6.07) is 16.2. The van der Waals surface area contributed by atoms with E-state index in [0.29, 0.717) is 12.1 Å². The Morgan fingerprint density at radius 3 is 2.72 bits per heavy atom. The van der Waals surface area contributed by atoms with Crippen LogP contribution < -0.4 is 10.6 Å². The van der Waals surface area contributed by atoms with E-state index in [0.717, 1.165) is 23.3 Å². The Morgan fingerprint density at radius 1 is 1.00 bits per heavy atom. The van der Waals surface area contributed by atoms with Crippen LogP contribution in [0, 0.1) is 13.8 Å². The van der Waals surface area contributed by atoms with Crippen molar-refractivity contribution < 1.29 is 4.79 Å². The Balaban J connectivity index is 1.38. The van der Waals surface area contributed by atoms with E-state index in [1.165, 1.54) is 22.1 Å². The minimum absolute atomic E-state index is 0.124. The largest absolute Gasteiger partial charge is 0.361 e. The molecule has 2 aromatic carbocycles. The Morgan fingerprint density at radius 2 is 1.86 bits per heavy atom. The molecule has 0 aliphatic rings. The third-order valence-electron chi connectivity index (χ3n) is 5.15. The number of hydrogen-bond donors (Lipinski definition) is 3. The maximum atomic E-state index is 12.6. The number of aryl methyl sites for hydroxylation is 2. The van der Waals surface area contributed by atoms with Crippen LogP contribution in [0.2, 0.25) is 0 Å². The summed E-state index contributed by atoms with van der Waals surface area (Å²) in [5.41, 5.74) is 7.08. The summed E-state index contributed by atoms with van der Waals surface area (Å²) in [6.45, 7) is 4.73. The monoisotopic (exact) mass is 384 g/mol. The SMILES string of the molecule is Cc1ccc(Nc2cncc(C(=O)NCCc3c[nH]c4ccccc34)c2)cc1C. The van der Waals surface area contributed by atoms with Gasteiger partial charge >= 0.3 is 0 Å². The molecule has 0 aliphatic carbocycles. The number of nitrogens with one attached hydrogen (secondary N) is 3. The zero-order valence-electron chi connectivity index (χ0n) is 16.6. The third-order valence-corrected chi connectivity index (χ3v) is 5.15. The van der Waals surface area contributed by atoms with Gasteiger partial charge < -0.3 is 15.6 Å². The first-order valence-corrected chi connectivity index (χ1v) is 9.73. The summed E-state index contributed by atoms with van der Waals surface area (Å²) in [7, 11) is 0. The average Bonchev–Trinajstić information content (AvgIpc) is 3.14. The molecule has 4 aromatic rings. The number of carbonyl (C=O) groups is 1. The van der Waals surface area contributed by atoms with Crippen molar-refractivity contribution in [2.45, 2.75) is 20.3 Å². The maximum absolute atomic E-state index is 12.6. The van der Waals surface area contributed by atoms with Gasteiger partial charge in [-0.2, -0.15) is 0 Å². The van der Waals surface area contributed by atoms with Crippen molar-refractivity contribution in [1.29, 1.82) is 0 Å². The molecule has 2 aromatic heterocycles. The summed E-state index contributed by atoms with van der Waals surface area (Å²) in [4.78, 5) is 20.0. The van der Waals surface area contributed by atoms with Crippen molar-refractivity contribution in [2.24, 2.45) is 0 Å². The number of H-pyrrole nitrogens is 1. The lowest BCUT2D eigenvalue weighted by atomic mass is 10.1. The Hall–Kier alpha value is -3.60. The summed E-state index contributed by atoms with van der Waals surface area (Å²) >= 11 is 0. The molecule has 0 bridgehead atoms.